The molecule has 1 aromatic rings. The summed E-state index contributed by atoms with van der Waals surface area (Å²) in [5.41, 5.74) is 7.55. The topological polar surface area (TPSA) is 66.6 Å². The number of hydrogen-bond acceptors (Lipinski definition) is 3. The molecule has 1 atom stereocenters. The molecule has 1 aromatic carbocycles. The lowest BCUT2D eigenvalue weighted by Gasteiger charge is -2.33. The summed E-state index contributed by atoms with van der Waals surface area (Å²) in [5, 5.41) is 9.01. The van der Waals surface area contributed by atoms with Crippen molar-refractivity contribution >= 4 is 17.3 Å². The molecule has 4 nitrogen and oxygen atoms in total. The minimum Gasteiger partial charge on any atom is -0.481 e. The molecule has 3 N–H and O–H groups in total. The van der Waals surface area contributed by atoms with E-state index in [4.69, 9.17) is 10.8 Å². The highest BCUT2D eigenvalue weighted by atomic mass is 16.4. The van der Waals surface area contributed by atoms with Crippen molar-refractivity contribution < 1.29 is 9.90 Å². The number of hydrogen-bond donors (Lipinski definition) is 2. The van der Waals surface area contributed by atoms with Crippen LogP contribution >= 0.6 is 0 Å². The first kappa shape index (κ1) is 10.8. The number of para-hydroxylation sites is 2. The monoisotopic (exact) mass is 220 g/mol. The van der Waals surface area contributed by atoms with Crippen molar-refractivity contribution in [2.24, 2.45) is 5.92 Å². The number of carboxylic acid groups (broad SMARTS) is 1. The van der Waals surface area contributed by atoms with Gasteiger partial charge < -0.3 is 15.7 Å². The minimum absolute atomic E-state index is 0.270. The SMILES string of the molecule is Nc1ccccc1N1CCCC(C(=O)O)C1. The van der Waals surface area contributed by atoms with Crippen LogP contribution in [0.5, 0.6) is 0 Å². The fourth-order valence-electron chi connectivity index (χ4n) is 2.17. The molecule has 0 amide bonds. The van der Waals surface area contributed by atoms with Crippen LogP contribution in [0.4, 0.5) is 11.4 Å². The van der Waals surface area contributed by atoms with Crippen molar-refractivity contribution in [1.29, 1.82) is 0 Å². The Morgan fingerprint density at radius 3 is 2.88 bits per heavy atom. The highest BCUT2D eigenvalue weighted by Gasteiger charge is 2.25. The first-order chi connectivity index (χ1) is 7.68. The highest BCUT2D eigenvalue weighted by Crippen LogP contribution is 2.27. The smallest absolute Gasteiger partial charge is 0.308 e. The van der Waals surface area contributed by atoms with Crippen LogP contribution in [0, 0.1) is 5.92 Å². The number of nitrogen functional groups attached to an aromatic ring is 1. The summed E-state index contributed by atoms with van der Waals surface area (Å²) in [6, 6.07) is 7.60. The summed E-state index contributed by atoms with van der Waals surface area (Å²) in [4.78, 5) is 13.0. The van der Waals surface area contributed by atoms with Crippen molar-refractivity contribution in [3.63, 3.8) is 0 Å². The van der Waals surface area contributed by atoms with E-state index in [2.05, 4.69) is 4.90 Å². The summed E-state index contributed by atoms with van der Waals surface area (Å²) in [5.74, 6) is -0.979. The molecule has 16 heavy (non-hydrogen) atoms. The van der Waals surface area contributed by atoms with E-state index >= 15 is 0 Å². The number of benzene rings is 1. The van der Waals surface area contributed by atoms with Gasteiger partial charge in [0.15, 0.2) is 0 Å². The Labute approximate surface area is 94.7 Å². The maximum absolute atomic E-state index is 11.0. The molecule has 0 radical (unpaired) electrons. The fourth-order valence-corrected chi connectivity index (χ4v) is 2.17. The Kier molecular flexibility index (Phi) is 2.99. The van der Waals surface area contributed by atoms with Gasteiger partial charge in [-0.25, -0.2) is 0 Å². The Morgan fingerprint density at radius 2 is 2.19 bits per heavy atom. The molecule has 0 aliphatic carbocycles. The van der Waals surface area contributed by atoms with E-state index in [1.165, 1.54) is 0 Å². The van der Waals surface area contributed by atoms with E-state index in [0.717, 1.165) is 25.1 Å². The highest BCUT2D eigenvalue weighted by molar-refractivity contribution is 5.73. The molecule has 0 saturated carbocycles. The second kappa shape index (κ2) is 4.43. The predicted octanol–water partition coefficient (Wildman–Crippen LogP) is 1.57. The number of rotatable bonds is 2. The Balaban J connectivity index is 2.16. The molecule has 1 aliphatic rings. The van der Waals surface area contributed by atoms with Crippen molar-refractivity contribution in [2.45, 2.75) is 12.8 Å². The average molecular weight is 220 g/mol. The van der Waals surface area contributed by atoms with Crippen LogP contribution in [0.3, 0.4) is 0 Å². The van der Waals surface area contributed by atoms with Gasteiger partial charge in [-0.15, -0.1) is 0 Å². The van der Waals surface area contributed by atoms with E-state index in [1.807, 2.05) is 24.3 Å². The zero-order valence-electron chi connectivity index (χ0n) is 9.10. The zero-order chi connectivity index (χ0) is 11.5. The van der Waals surface area contributed by atoms with Crippen LogP contribution in [-0.2, 0) is 4.79 Å². The van der Waals surface area contributed by atoms with Gasteiger partial charge in [-0.2, -0.15) is 0 Å². The molecule has 1 heterocycles. The molecule has 1 saturated heterocycles. The van der Waals surface area contributed by atoms with Gasteiger partial charge in [-0.3, -0.25) is 4.79 Å². The van der Waals surface area contributed by atoms with E-state index in [0.29, 0.717) is 12.2 Å². The third-order valence-corrected chi connectivity index (χ3v) is 3.05. The number of anilines is 2. The van der Waals surface area contributed by atoms with Crippen molar-refractivity contribution in [2.75, 3.05) is 23.7 Å². The van der Waals surface area contributed by atoms with Gasteiger partial charge in [0.05, 0.1) is 17.3 Å². The molecule has 0 spiro atoms. The largest absolute Gasteiger partial charge is 0.481 e. The molecule has 2 rings (SSSR count). The van der Waals surface area contributed by atoms with E-state index in [-0.39, 0.29) is 5.92 Å². The molecule has 86 valence electrons. The van der Waals surface area contributed by atoms with Gasteiger partial charge in [0, 0.05) is 13.1 Å². The maximum atomic E-state index is 11.0. The fraction of sp³-hybridized carbons (Fsp3) is 0.417. The van der Waals surface area contributed by atoms with Gasteiger partial charge in [0.1, 0.15) is 0 Å². The van der Waals surface area contributed by atoms with Gasteiger partial charge in [0.25, 0.3) is 0 Å². The summed E-state index contributed by atoms with van der Waals surface area (Å²) in [6.07, 6.45) is 1.67. The molecule has 1 fully saturated rings. The maximum Gasteiger partial charge on any atom is 0.308 e. The quantitative estimate of drug-likeness (QED) is 0.742. The second-order valence-electron chi connectivity index (χ2n) is 4.18. The van der Waals surface area contributed by atoms with Crippen LogP contribution in [-0.4, -0.2) is 24.2 Å². The number of piperidine rings is 1. The number of nitrogens with two attached hydrogens (primary N) is 1. The van der Waals surface area contributed by atoms with E-state index in [9.17, 15) is 4.79 Å². The van der Waals surface area contributed by atoms with Crippen LogP contribution < -0.4 is 10.6 Å². The van der Waals surface area contributed by atoms with Crippen LogP contribution in [0.25, 0.3) is 0 Å². The predicted molar refractivity (Wildman–Crippen MR) is 63.4 cm³/mol. The summed E-state index contributed by atoms with van der Waals surface area (Å²) in [6.45, 7) is 1.45. The van der Waals surface area contributed by atoms with Crippen molar-refractivity contribution in [3.8, 4) is 0 Å². The first-order valence-corrected chi connectivity index (χ1v) is 5.50. The normalized spacial score (nSPS) is 20.8. The molecule has 4 heteroatoms. The lowest BCUT2D eigenvalue weighted by Crippen LogP contribution is -2.39. The molecule has 0 bridgehead atoms. The first-order valence-electron chi connectivity index (χ1n) is 5.50. The van der Waals surface area contributed by atoms with Crippen LogP contribution in [0.2, 0.25) is 0 Å². The summed E-state index contributed by atoms with van der Waals surface area (Å²) >= 11 is 0. The van der Waals surface area contributed by atoms with Gasteiger partial charge >= 0.3 is 5.97 Å². The Bertz CT molecular complexity index is 392. The third kappa shape index (κ3) is 2.10. The van der Waals surface area contributed by atoms with Gasteiger partial charge in [-0.1, -0.05) is 12.1 Å². The zero-order valence-corrected chi connectivity index (χ0v) is 9.10. The third-order valence-electron chi connectivity index (χ3n) is 3.05. The van der Waals surface area contributed by atoms with Crippen molar-refractivity contribution in [1.82, 2.24) is 0 Å². The van der Waals surface area contributed by atoms with Crippen LogP contribution in [0.15, 0.2) is 24.3 Å². The Hall–Kier alpha value is -1.71. The molecular formula is C12H16N2O2. The van der Waals surface area contributed by atoms with Gasteiger partial charge in [0.2, 0.25) is 0 Å². The molecule has 0 aromatic heterocycles. The number of carboxylic acids is 1. The molecular weight excluding hydrogens is 204 g/mol. The lowest BCUT2D eigenvalue weighted by atomic mass is 9.97. The standard InChI is InChI=1S/C12H16N2O2/c13-10-5-1-2-6-11(10)14-7-3-4-9(8-14)12(15)16/h1-2,5-6,9H,3-4,7-8,13H2,(H,15,16). The van der Waals surface area contributed by atoms with Crippen LogP contribution in [0.1, 0.15) is 12.8 Å². The molecule has 1 unspecified atom stereocenters. The summed E-state index contributed by atoms with van der Waals surface area (Å²) < 4.78 is 0. The van der Waals surface area contributed by atoms with Gasteiger partial charge in [-0.05, 0) is 25.0 Å². The number of carbonyl (C=O) groups is 1. The summed E-state index contributed by atoms with van der Waals surface area (Å²) in [7, 11) is 0. The second-order valence-corrected chi connectivity index (χ2v) is 4.18. The van der Waals surface area contributed by atoms with Crippen molar-refractivity contribution in [3.05, 3.63) is 24.3 Å². The van der Waals surface area contributed by atoms with E-state index < -0.39 is 5.97 Å². The average Bonchev–Trinajstić information content (AvgIpc) is 2.30. The Morgan fingerprint density at radius 1 is 1.44 bits per heavy atom. The number of aliphatic carboxylic acids is 1. The van der Waals surface area contributed by atoms with E-state index in [1.54, 1.807) is 0 Å². The lowest BCUT2D eigenvalue weighted by molar-refractivity contribution is -0.141. The molecule has 1 aliphatic heterocycles. The minimum atomic E-state index is -0.709. The number of nitrogens with zero attached hydrogens (tertiary/aromatic N) is 1.